The monoisotopic (exact) mass is 206 g/mol. The highest BCUT2D eigenvalue weighted by atomic mass is 14.5. The van der Waals surface area contributed by atoms with E-state index in [1.54, 1.807) is 38.5 Å². The molecule has 0 aromatic carbocycles. The van der Waals surface area contributed by atoms with E-state index in [-0.39, 0.29) is 0 Å². The minimum atomic E-state index is 1.03. The third kappa shape index (κ3) is 1.47. The van der Waals surface area contributed by atoms with Gasteiger partial charge in [-0.15, -0.1) is 0 Å². The number of fused-ring (bicyclic) bond motifs is 3. The summed E-state index contributed by atoms with van der Waals surface area (Å²) >= 11 is 0. The lowest BCUT2D eigenvalue weighted by Gasteiger charge is -2.43. The predicted molar refractivity (Wildman–Crippen MR) is 64.6 cm³/mol. The standard InChI is InChI=1S/C15H26/c1-3-13-10(2)9-12-6-4-5-11-7-8-14(11)15(12)13/h10-15H,3-9H2,1-2H3. The SMILES string of the molecule is CCC1C(C)CC2CCCC3CCC3C21. The molecular weight excluding hydrogens is 180 g/mol. The Labute approximate surface area is 94.8 Å². The van der Waals surface area contributed by atoms with Crippen molar-refractivity contribution in [2.24, 2.45) is 35.5 Å². The van der Waals surface area contributed by atoms with Crippen molar-refractivity contribution in [3.63, 3.8) is 0 Å². The van der Waals surface area contributed by atoms with E-state index in [1.165, 1.54) is 6.42 Å². The molecule has 15 heavy (non-hydrogen) atoms. The zero-order valence-corrected chi connectivity index (χ0v) is 10.4. The first kappa shape index (κ1) is 10.2. The topological polar surface area (TPSA) is 0 Å². The number of rotatable bonds is 1. The van der Waals surface area contributed by atoms with Gasteiger partial charge in [0.2, 0.25) is 0 Å². The van der Waals surface area contributed by atoms with Crippen LogP contribution in [-0.4, -0.2) is 0 Å². The second-order valence-corrected chi connectivity index (χ2v) is 6.55. The molecule has 0 nitrogen and oxygen atoms in total. The van der Waals surface area contributed by atoms with E-state index in [2.05, 4.69) is 13.8 Å². The van der Waals surface area contributed by atoms with Crippen LogP contribution in [0.15, 0.2) is 0 Å². The molecule has 3 rings (SSSR count). The Morgan fingerprint density at radius 3 is 2.47 bits per heavy atom. The fraction of sp³-hybridized carbons (Fsp3) is 1.00. The molecule has 0 aliphatic heterocycles. The van der Waals surface area contributed by atoms with Gasteiger partial charge in [-0.05, 0) is 54.8 Å². The highest BCUT2D eigenvalue weighted by Gasteiger charge is 2.49. The summed E-state index contributed by atoms with van der Waals surface area (Å²) in [6.45, 7) is 4.96. The summed E-state index contributed by atoms with van der Waals surface area (Å²) < 4.78 is 0. The lowest BCUT2D eigenvalue weighted by Crippen LogP contribution is -2.35. The van der Waals surface area contributed by atoms with Gasteiger partial charge in [0, 0.05) is 0 Å². The van der Waals surface area contributed by atoms with E-state index in [9.17, 15) is 0 Å². The first-order valence-corrected chi connectivity index (χ1v) is 7.31. The molecule has 3 aliphatic rings. The molecule has 0 aromatic rings. The van der Waals surface area contributed by atoms with Gasteiger partial charge in [-0.2, -0.15) is 0 Å². The Bertz CT molecular complexity index is 230. The maximum absolute atomic E-state index is 2.52. The minimum absolute atomic E-state index is 1.03. The van der Waals surface area contributed by atoms with Crippen LogP contribution in [0.1, 0.15) is 58.8 Å². The molecule has 0 radical (unpaired) electrons. The maximum atomic E-state index is 2.52. The van der Waals surface area contributed by atoms with Crippen LogP contribution < -0.4 is 0 Å². The maximum Gasteiger partial charge on any atom is -0.0324 e. The Kier molecular flexibility index (Phi) is 2.57. The normalized spacial score (nSPS) is 54.0. The smallest absolute Gasteiger partial charge is 0.0324 e. The van der Waals surface area contributed by atoms with Gasteiger partial charge in [0.15, 0.2) is 0 Å². The fourth-order valence-electron chi connectivity index (χ4n) is 5.29. The summed E-state index contributed by atoms with van der Waals surface area (Å²) in [6.07, 6.45) is 10.8. The van der Waals surface area contributed by atoms with Gasteiger partial charge in [-0.3, -0.25) is 0 Å². The molecule has 0 aromatic heterocycles. The molecule has 0 saturated heterocycles. The molecule has 3 aliphatic carbocycles. The van der Waals surface area contributed by atoms with Crippen LogP contribution >= 0.6 is 0 Å². The van der Waals surface area contributed by atoms with E-state index < -0.39 is 0 Å². The summed E-state index contributed by atoms with van der Waals surface area (Å²) in [5.74, 6) is 6.70. The van der Waals surface area contributed by atoms with Gasteiger partial charge in [-0.1, -0.05) is 39.5 Å². The van der Waals surface area contributed by atoms with E-state index in [1.807, 2.05) is 0 Å². The highest BCUT2D eigenvalue weighted by molar-refractivity contribution is 4.99. The Balaban J connectivity index is 1.83. The summed E-state index contributed by atoms with van der Waals surface area (Å²) in [4.78, 5) is 0. The highest BCUT2D eigenvalue weighted by Crippen LogP contribution is 2.58. The molecule has 0 heteroatoms. The average Bonchev–Trinajstić information content (AvgIpc) is 2.42. The average molecular weight is 206 g/mol. The molecular formula is C15H26. The number of hydrogen-bond donors (Lipinski definition) is 0. The van der Waals surface area contributed by atoms with E-state index in [0.29, 0.717) is 0 Å². The zero-order chi connectivity index (χ0) is 10.4. The van der Waals surface area contributed by atoms with Gasteiger partial charge >= 0.3 is 0 Å². The Morgan fingerprint density at radius 2 is 1.80 bits per heavy atom. The van der Waals surface area contributed by atoms with Crippen LogP contribution in [-0.2, 0) is 0 Å². The first-order chi connectivity index (χ1) is 7.31. The zero-order valence-electron chi connectivity index (χ0n) is 10.4. The molecule has 0 spiro atoms. The molecule has 6 unspecified atom stereocenters. The van der Waals surface area contributed by atoms with Gasteiger partial charge in [0.05, 0.1) is 0 Å². The lowest BCUT2D eigenvalue weighted by atomic mass is 9.62. The van der Waals surface area contributed by atoms with Crippen molar-refractivity contribution in [3.8, 4) is 0 Å². The Hall–Kier alpha value is 0. The molecule has 0 amide bonds. The van der Waals surface area contributed by atoms with Crippen molar-refractivity contribution < 1.29 is 0 Å². The van der Waals surface area contributed by atoms with Gasteiger partial charge < -0.3 is 0 Å². The second kappa shape index (κ2) is 3.79. The van der Waals surface area contributed by atoms with Crippen molar-refractivity contribution in [2.75, 3.05) is 0 Å². The molecule has 3 saturated carbocycles. The molecule has 3 fully saturated rings. The fourth-order valence-corrected chi connectivity index (χ4v) is 5.29. The summed E-state index contributed by atoms with van der Waals surface area (Å²) in [5.41, 5.74) is 0. The van der Waals surface area contributed by atoms with Crippen LogP contribution in [0.3, 0.4) is 0 Å². The second-order valence-electron chi connectivity index (χ2n) is 6.55. The van der Waals surface area contributed by atoms with E-state index >= 15 is 0 Å². The predicted octanol–water partition coefficient (Wildman–Crippen LogP) is 4.49. The van der Waals surface area contributed by atoms with E-state index in [0.717, 1.165) is 35.5 Å². The van der Waals surface area contributed by atoms with Crippen molar-refractivity contribution >= 4 is 0 Å². The lowest BCUT2D eigenvalue weighted by molar-refractivity contribution is 0.0604. The van der Waals surface area contributed by atoms with Crippen LogP contribution in [0.25, 0.3) is 0 Å². The third-order valence-corrected chi connectivity index (χ3v) is 6.04. The van der Waals surface area contributed by atoms with Crippen molar-refractivity contribution in [2.45, 2.75) is 58.8 Å². The van der Waals surface area contributed by atoms with Crippen LogP contribution in [0.4, 0.5) is 0 Å². The van der Waals surface area contributed by atoms with Crippen molar-refractivity contribution in [1.29, 1.82) is 0 Å². The first-order valence-electron chi connectivity index (χ1n) is 7.31. The molecule has 86 valence electrons. The molecule has 0 heterocycles. The van der Waals surface area contributed by atoms with Gasteiger partial charge in [0.25, 0.3) is 0 Å². The molecule has 0 bridgehead atoms. The van der Waals surface area contributed by atoms with Crippen molar-refractivity contribution in [1.82, 2.24) is 0 Å². The largest absolute Gasteiger partial charge is 0.0651 e. The van der Waals surface area contributed by atoms with Gasteiger partial charge in [0.1, 0.15) is 0 Å². The third-order valence-electron chi connectivity index (χ3n) is 6.04. The minimum Gasteiger partial charge on any atom is -0.0651 e. The molecule has 6 atom stereocenters. The van der Waals surface area contributed by atoms with Gasteiger partial charge in [-0.25, -0.2) is 0 Å². The van der Waals surface area contributed by atoms with Crippen LogP contribution in [0.2, 0.25) is 0 Å². The van der Waals surface area contributed by atoms with E-state index in [4.69, 9.17) is 0 Å². The van der Waals surface area contributed by atoms with Crippen LogP contribution in [0, 0.1) is 35.5 Å². The number of hydrogen-bond acceptors (Lipinski definition) is 0. The summed E-state index contributed by atoms with van der Waals surface area (Å²) in [5, 5.41) is 0. The Morgan fingerprint density at radius 1 is 1.00 bits per heavy atom. The van der Waals surface area contributed by atoms with Crippen LogP contribution in [0.5, 0.6) is 0 Å². The van der Waals surface area contributed by atoms with Crippen molar-refractivity contribution in [3.05, 3.63) is 0 Å². The molecule has 0 N–H and O–H groups in total. The quantitative estimate of drug-likeness (QED) is 0.593. The summed E-state index contributed by atoms with van der Waals surface area (Å²) in [6, 6.07) is 0. The summed E-state index contributed by atoms with van der Waals surface area (Å²) in [7, 11) is 0.